The monoisotopic (exact) mass is 219 g/mol. The molecule has 0 heterocycles. The molecule has 1 heteroatoms. The largest absolute Gasteiger partial charge is 0.316 e. The Morgan fingerprint density at radius 3 is 2.06 bits per heavy atom. The van der Waals surface area contributed by atoms with Crippen molar-refractivity contribution in [2.75, 3.05) is 13.1 Å². The first kappa shape index (κ1) is 13.2. The van der Waals surface area contributed by atoms with E-state index in [0.717, 1.165) is 25.9 Å². The summed E-state index contributed by atoms with van der Waals surface area (Å²) in [6.07, 6.45) is 2.25. The lowest BCUT2D eigenvalue weighted by Gasteiger charge is -2.18. The van der Waals surface area contributed by atoms with Crippen LogP contribution in [0, 0.1) is 5.41 Å². The smallest absolute Gasteiger partial charge is 0.000000406 e. The van der Waals surface area contributed by atoms with Crippen LogP contribution in [0.25, 0.3) is 0 Å². The molecule has 1 nitrogen and oxygen atoms in total. The summed E-state index contributed by atoms with van der Waals surface area (Å²) in [7, 11) is 0. The summed E-state index contributed by atoms with van der Waals surface area (Å²) in [5.74, 6) is 0. The van der Waals surface area contributed by atoms with Gasteiger partial charge in [0.2, 0.25) is 0 Å². The molecule has 0 bridgehead atoms. The minimum Gasteiger partial charge on any atom is -0.316 e. The van der Waals surface area contributed by atoms with Crippen molar-refractivity contribution in [3.63, 3.8) is 0 Å². The molecule has 16 heavy (non-hydrogen) atoms. The van der Waals surface area contributed by atoms with Crippen molar-refractivity contribution >= 4 is 0 Å². The van der Waals surface area contributed by atoms with Gasteiger partial charge in [-0.15, -0.1) is 0 Å². The van der Waals surface area contributed by atoms with Crippen LogP contribution in [0.1, 0.15) is 38.8 Å². The molecule has 1 aromatic rings. The topological polar surface area (TPSA) is 12.0 Å². The molecule has 0 aliphatic carbocycles. The zero-order chi connectivity index (χ0) is 12.0. The highest BCUT2D eigenvalue weighted by atomic mass is 14.9. The molecule has 0 atom stereocenters. The second-order valence-corrected chi connectivity index (χ2v) is 5.66. The number of nitrogens with one attached hydrogen (secondary N) is 1. The van der Waals surface area contributed by atoms with E-state index in [0.29, 0.717) is 5.41 Å². The van der Waals surface area contributed by atoms with Gasteiger partial charge in [0, 0.05) is 6.54 Å². The summed E-state index contributed by atoms with van der Waals surface area (Å²) < 4.78 is 0. The third-order valence-corrected chi connectivity index (χ3v) is 2.68. The van der Waals surface area contributed by atoms with Crippen LogP contribution in [0.15, 0.2) is 24.3 Å². The molecule has 90 valence electrons. The van der Waals surface area contributed by atoms with E-state index in [1.807, 2.05) is 0 Å². The average Bonchev–Trinajstić information content (AvgIpc) is 2.24. The molecule has 0 spiro atoms. The highest BCUT2D eigenvalue weighted by Crippen LogP contribution is 2.10. The van der Waals surface area contributed by atoms with Crippen LogP contribution in [-0.2, 0) is 12.8 Å². The maximum absolute atomic E-state index is 3.50. The minimum atomic E-state index is 0.381. The highest BCUT2D eigenvalue weighted by Gasteiger charge is 2.08. The van der Waals surface area contributed by atoms with E-state index < -0.39 is 0 Å². The van der Waals surface area contributed by atoms with E-state index in [-0.39, 0.29) is 0 Å². The van der Waals surface area contributed by atoms with Crippen LogP contribution >= 0.6 is 0 Å². The van der Waals surface area contributed by atoms with Gasteiger partial charge in [0.15, 0.2) is 0 Å². The molecule has 1 N–H and O–H groups in total. The Morgan fingerprint density at radius 1 is 1.00 bits per heavy atom. The predicted octanol–water partition coefficient (Wildman–Crippen LogP) is 3.43. The predicted molar refractivity (Wildman–Crippen MR) is 71.8 cm³/mol. The third kappa shape index (κ3) is 5.32. The van der Waals surface area contributed by atoms with E-state index in [1.54, 1.807) is 0 Å². The van der Waals surface area contributed by atoms with Crippen LogP contribution in [0.5, 0.6) is 0 Å². The van der Waals surface area contributed by atoms with Gasteiger partial charge in [-0.2, -0.15) is 0 Å². The SMILES string of the molecule is CCc1ccc(CCNCC(C)(C)C)cc1. The van der Waals surface area contributed by atoms with Crippen LogP contribution in [0.3, 0.4) is 0 Å². The Balaban J connectivity index is 2.27. The molecule has 0 fully saturated rings. The molecular weight excluding hydrogens is 194 g/mol. The summed E-state index contributed by atoms with van der Waals surface area (Å²) in [5, 5.41) is 3.50. The minimum absolute atomic E-state index is 0.381. The Kier molecular flexibility index (Phi) is 5.01. The molecule has 0 unspecified atom stereocenters. The molecule has 0 amide bonds. The molecule has 0 saturated heterocycles. The van der Waals surface area contributed by atoms with Gasteiger partial charge in [0.1, 0.15) is 0 Å². The van der Waals surface area contributed by atoms with Gasteiger partial charge in [0.25, 0.3) is 0 Å². The molecule has 0 radical (unpaired) electrons. The van der Waals surface area contributed by atoms with E-state index in [2.05, 4.69) is 57.3 Å². The normalized spacial score (nSPS) is 11.8. The fourth-order valence-corrected chi connectivity index (χ4v) is 1.64. The molecule has 0 aliphatic rings. The molecule has 1 rings (SSSR count). The summed E-state index contributed by atoms with van der Waals surface area (Å²) in [6.45, 7) is 11.1. The highest BCUT2D eigenvalue weighted by molar-refractivity contribution is 5.22. The summed E-state index contributed by atoms with van der Waals surface area (Å²) >= 11 is 0. The first-order chi connectivity index (χ1) is 7.51. The lowest BCUT2D eigenvalue weighted by atomic mass is 9.97. The van der Waals surface area contributed by atoms with E-state index in [4.69, 9.17) is 0 Å². The zero-order valence-electron chi connectivity index (χ0n) is 11.1. The van der Waals surface area contributed by atoms with Crippen molar-refractivity contribution in [1.82, 2.24) is 5.32 Å². The Hall–Kier alpha value is -0.820. The number of benzene rings is 1. The van der Waals surface area contributed by atoms with Crippen molar-refractivity contribution in [1.29, 1.82) is 0 Å². The number of aryl methyl sites for hydroxylation is 1. The lowest BCUT2D eigenvalue weighted by molar-refractivity contribution is 0.381. The maximum atomic E-state index is 3.50. The third-order valence-electron chi connectivity index (χ3n) is 2.68. The van der Waals surface area contributed by atoms with Gasteiger partial charge in [0.05, 0.1) is 0 Å². The Morgan fingerprint density at radius 2 is 1.56 bits per heavy atom. The van der Waals surface area contributed by atoms with E-state index in [9.17, 15) is 0 Å². The second-order valence-electron chi connectivity index (χ2n) is 5.66. The lowest BCUT2D eigenvalue weighted by Crippen LogP contribution is -2.28. The van der Waals surface area contributed by atoms with Crippen molar-refractivity contribution in [2.45, 2.75) is 40.5 Å². The van der Waals surface area contributed by atoms with Gasteiger partial charge >= 0.3 is 0 Å². The van der Waals surface area contributed by atoms with Crippen LogP contribution < -0.4 is 5.32 Å². The fourth-order valence-electron chi connectivity index (χ4n) is 1.64. The average molecular weight is 219 g/mol. The molecule has 1 aromatic carbocycles. The van der Waals surface area contributed by atoms with E-state index >= 15 is 0 Å². The maximum Gasteiger partial charge on any atom is 0.000000406 e. The van der Waals surface area contributed by atoms with Crippen LogP contribution in [0.4, 0.5) is 0 Å². The molecule has 0 saturated carbocycles. The molecule has 0 aliphatic heterocycles. The van der Waals surface area contributed by atoms with Gasteiger partial charge < -0.3 is 5.32 Å². The summed E-state index contributed by atoms with van der Waals surface area (Å²) in [6, 6.07) is 8.97. The van der Waals surface area contributed by atoms with Gasteiger partial charge in [-0.25, -0.2) is 0 Å². The quantitative estimate of drug-likeness (QED) is 0.748. The summed E-state index contributed by atoms with van der Waals surface area (Å²) in [5.41, 5.74) is 3.23. The number of hydrogen-bond donors (Lipinski definition) is 1. The van der Waals surface area contributed by atoms with Gasteiger partial charge in [-0.05, 0) is 35.9 Å². The number of hydrogen-bond acceptors (Lipinski definition) is 1. The van der Waals surface area contributed by atoms with Crippen LogP contribution in [0.2, 0.25) is 0 Å². The first-order valence-electron chi connectivity index (χ1n) is 6.30. The first-order valence-corrected chi connectivity index (χ1v) is 6.30. The van der Waals surface area contributed by atoms with Crippen molar-refractivity contribution < 1.29 is 0 Å². The van der Waals surface area contributed by atoms with E-state index in [1.165, 1.54) is 11.1 Å². The van der Waals surface area contributed by atoms with Crippen molar-refractivity contribution in [3.05, 3.63) is 35.4 Å². The van der Waals surface area contributed by atoms with Gasteiger partial charge in [-0.3, -0.25) is 0 Å². The Labute approximate surface area is 100 Å². The van der Waals surface area contributed by atoms with Crippen molar-refractivity contribution in [3.8, 4) is 0 Å². The summed E-state index contributed by atoms with van der Waals surface area (Å²) in [4.78, 5) is 0. The molecule has 0 aromatic heterocycles. The zero-order valence-corrected chi connectivity index (χ0v) is 11.1. The molecular formula is C15H25N. The standard InChI is InChI=1S/C15H25N/c1-5-13-6-8-14(9-7-13)10-11-16-12-15(2,3)4/h6-9,16H,5,10-12H2,1-4H3. The Bertz CT molecular complexity index is 292. The fraction of sp³-hybridized carbons (Fsp3) is 0.600. The van der Waals surface area contributed by atoms with Crippen LogP contribution in [-0.4, -0.2) is 13.1 Å². The van der Waals surface area contributed by atoms with Crippen molar-refractivity contribution in [2.24, 2.45) is 5.41 Å². The second kappa shape index (κ2) is 6.05. The van der Waals surface area contributed by atoms with Gasteiger partial charge in [-0.1, -0.05) is 52.0 Å². The number of rotatable bonds is 5.